The van der Waals surface area contributed by atoms with E-state index in [1.807, 2.05) is 17.5 Å². The van der Waals surface area contributed by atoms with Crippen molar-refractivity contribution in [2.24, 2.45) is 10.9 Å². The van der Waals surface area contributed by atoms with Crippen LogP contribution in [0.5, 0.6) is 0 Å². The molecule has 0 saturated heterocycles. The fourth-order valence-electron chi connectivity index (χ4n) is 1.55. The molecule has 0 fully saturated rings. The van der Waals surface area contributed by atoms with Gasteiger partial charge in [0.1, 0.15) is 5.69 Å². The molecule has 0 saturated carbocycles. The van der Waals surface area contributed by atoms with Crippen LogP contribution in [0, 0.1) is 0 Å². The lowest BCUT2D eigenvalue weighted by atomic mass is 10.2. The van der Waals surface area contributed by atoms with Crippen molar-refractivity contribution in [2.45, 2.75) is 13.1 Å². The Kier molecular flexibility index (Phi) is 4.89. The number of nitrogens with one attached hydrogen (secondary N) is 1. The monoisotopic (exact) mass is 340 g/mol. The minimum absolute atomic E-state index is 0.0165. The van der Waals surface area contributed by atoms with E-state index in [1.54, 1.807) is 23.6 Å². The molecule has 0 spiro atoms. The first-order valence-corrected chi connectivity index (χ1v) is 7.23. The molecule has 0 unspecified atom stereocenters. The highest BCUT2D eigenvalue weighted by Gasteiger charge is 2.03. The largest absolute Gasteiger partial charge is 0.409 e. The third-order valence-corrected chi connectivity index (χ3v) is 4.43. The van der Waals surface area contributed by atoms with Gasteiger partial charge in [-0.25, -0.2) is 0 Å². The van der Waals surface area contributed by atoms with Gasteiger partial charge in [0.15, 0.2) is 5.84 Å². The van der Waals surface area contributed by atoms with Crippen molar-refractivity contribution in [3.63, 3.8) is 0 Å². The van der Waals surface area contributed by atoms with Crippen molar-refractivity contribution in [1.82, 2.24) is 10.3 Å². The van der Waals surface area contributed by atoms with E-state index in [0.29, 0.717) is 12.2 Å². The molecule has 0 aliphatic heterocycles. The highest BCUT2D eigenvalue weighted by molar-refractivity contribution is 9.10. The Morgan fingerprint density at radius 2 is 2.32 bits per heavy atom. The van der Waals surface area contributed by atoms with Crippen molar-refractivity contribution < 1.29 is 5.21 Å². The quantitative estimate of drug-likeness (QED) is 0.337. The molecule has 2 rings (SSSR count). The zero-order valence-electron chi connectivity index (χ0n) is 10.0. The van der Waals surface area contributed by atoms with E-state index < -0.39 is 0 Å². The minimum atomic E-state index is 0.0165. The van der Waals surface area contributed by atoms with Crippen LogP contribution in [0.2, 0.25) is 0 Å². The van der Waals surface area contributed by atoms with Crippen LogP contribution in [-0.2, 0) is 13.1 Å². The van der Waals surface area contributed by atoms with Crippen molar-refractivity contribution in [2.75, 3.05) is 0 Å². The maximum Gasteiger partial charge on any atom is 0.188 e. The number of halogens is 1. The van der Waals surface area contributed by atoms with Gasteiger partial charge < -0.3 is 16.3 Å². The number of oxime groups is 1. The van der Waals surface area contributed by atoms with Crippen LogP contribution in [0.3, 0.4) is 0 Å². The van der Waals surface area contributed by atoms with Gasteiger partial charge in [-0.3, -0.25) is 4.98 Å². The van der Waals surface area contributed by atoms with Gasteiger partial charge in [-0.1, -0.05) is 5.16 Å². The fourth-order valence-corrected chi connectivity index (χ4v) is 3.01. The number of hydrogen-bond donors (Lipinski definition) is 3. The Bertz CT molecular complexity index is 585. The second-order valence-electron chi connectivity index (χ2n) is 3.83. The van der Waals surface area contributed by atoms with E-state index in [1.165, 1.54) is 4.88 Å². The standard InChI is InChI=1S/C12H13BrN4OS/c13-9-2-4-19-11(9)7-15-6-8-1-3-16-10(5-8)12(14)17-18/h1-5,15,18H,6-7H2,(H2,14,17). The fraction of sp³-hybridized carbons (Fsp3) is 0.167. The summed E-state index contributed by atoms with van der Waals surface area (Å²) in [6.45, 7) is 1.48. The number of thiophene rings is 1. The topological polar surface area (TPSA) is 83.5 Å². The molecule has 2 heterocycles. The van der Waals surface area contributed by atoms with Crippen molar-refractivity contribution >= 4 is 33.1 Å². The number of hydrogen-bond acceptors (Lipinski definition) is 5. The summed E-state index contributed by atoms with van der Waals surface area (Å²) in [5.41, 5.74) is 7.00. The summed E-state index contributed by atoms with van der Waals surface area (Å²) in [6, 6.07) is 5.72. The van der Waals surface area contributed by atoms with Gasteiger partial charge in [0.2, 0.25) is 0 Å². The SMILES string of the molecule is NC(=NO)c1cc(CNCc2sccc2Br)ccn1. The maximum atomic E-state index is 8.61. The molecule has 0 atom stereocenters. The van der Waals surface area contributed by atoms with Crippen LogP contribution >= 0.6 is 27.3 Å². The average Bonchev–Trinajstić information content (AvgIpc) is 2.84. The molecule has 100 valence electrons. The lowest BCUT2D eigenvalue weighted by Crippen LogP contribution is -2.17. The van der Waals surface area contributed by atoms with E-state index in [-0.39, 0.29) is 5.84 Å². The highest BCUT2D eigenvalue weighted by Crippen LogP contribution is 2.22. The first kappa shape index (κ1) is 14.0. The molecule has 2 aromatic heterocycles. The molecule has 2 aromatic rings. The molecular formula is C12H13BrN4OS. The molecular weight excluding hydrogens is 328 g/mol. The van der Waals surface area contributed by atoms with E-state index in [9.17, 15) is 0 Å². The number of rotatable bonds is 5. The highest BCUT2D eigenvalue weighted by atomic mass is 79.9. The first-order valence-electron chi connectivity index (χ1n) is 5.56. The number of nitrogens with zero attached hydrogens (tertiary/aromatic N) is 2. The van der Waals surface area contributed by atoms with Crippen LogP contribution in [-0.4, -0.2) is 16.0 Å². The Morgan fingerprint density at radius 3 is 3.00 bits per heavy atom. The normalized spacial score (nSPS) is 11.7. The Labute approximate surface area is 123 Å². The number of amidine groups is 1. The van der Waals surface area contributed by atoms with Gasteiger partial charge in [0, 0.05) is 28.6 Å². The lowest BCUT2D eigenvalue weighted by Gasteiger charge is -2.05. The third-order valence-electron chi connectivity index (χ3n) is 2.50. The average molecular weight is 341 g/mol. The lowest BCUT2D eigenvalue weighted by molar-refractivity contribution is 0.318. The number of pyridine rings is 1. The third kappa shape index (κ3) is 3.76. The second kappa shape index (κ2) is 6.65. The maximum absolute atomic E-state index is 8.61. The molecule has 19 heavy (non-hydrogen) atoms. The van der Waals surface area contributed by atoms with Gasteiger partial charge in [0.05, 0.1) is 0 Å². The zero-order valence-corrected chi connectivity index (χ0v) is 12.4. The molecule has 0 radical (unpaired) electrons. The second-order valence-corrected chi connectivity index (χ2v) is 5.68. The van der Waals surface area contributed by atoms with Gasteiger partial charge in [-0.2, -0.15) is 0 Å². The van der Waals surface area contributed by atoms with Gasteiger partial charge in [-0.15, -0.1) is 11.3 Å². The van der Waals surface area contributed by atoms with Crippen LogP contribution in [0.25, 0.3) is 0 Å². The van der Waals surface area contributed by atoms with Crippen molar-refractivity contribution in [1.29, 1.82) is 0 Å². The van der Waals surface area contributed by atoms with Crippen LogP contribution in [0.1, 0.15) is 16.1 Å². The van der Waals surface area contributed by atoms with Crippen molar-refractivity contribution in [3.05, 3.63) is 50.4 Å². The zero-order chi connectivity index (χ0) is 13.7. The van der Waals surface area contributed by atoms with E-state index >= 15 is 0 Å². The molecule has 0 aliphatic rings. The summed E-state index contributed by atoms with van der Waals surface area (Å²) in [4.78, 5) is 5.29. The summed E-state index contributed by atoms with van der Waals surface area (Å²) in [5, 5.41) is 16.9. The summed E-state index contributed by atoms with van der Waals surface area (Å²) in [7, 11) is 0. The Hall–Kier alpha value is -1.44. The van der Waals surface area contributed by atoms with Crippen LogP contribution in [0.4, 0.5) is 0 Å². The summed E-state index contributed by atoms with van der Waals surface area (Å²) in [5.74, 6) is 0.0165. The van der Waals surface area contributed by atoms with E-state index in [2.05, 4.69) is 31.4 Å². The summed E-state index contributed by atoms with van der Waals surface area (Å²) in [6.07, 6.45) is 1.64. The Balaban J connectivity index is 1.95. The predicted octanol–water partition coefficient (Wildman–Crippen LogP) is 2.29. The smallest absolute Gasteiger partial charge is 0.188 e. The van der Waals surface area contributed by atoms with Crippen LogP contribution in [0.15, 0.2) is 39.4 Å². The molecule has 0 amide bonds. The van der Waals surface area contributed by atoms with E-state index in [0.717, 1.165) is 16.6 Å². The Morgan fingerprint density at radius 1 is 1.47 bits per heavy atom. The molecule has 0 aromatic carbocycles. The molecule has 7 heteroatoms. The van der Waals surface area contributed by atoms with Gasteiger partial charge in [-0.05, 0) is 45.1 Å². The van der Waals surface area contributed by atoms with Crippen LogP contribution < -0.4 is 11.1 Å². The minimum Gasteiger partial charge on any atom is -0.409 e. The molecule has 0 aliphatic carbocycles. The number of nitrogens with two attached hydrogens (primary N) is 1. The first-order chi connectivity index (χ1) is 9.20. The number of aromatic nitrogens is 1. The van der Waals surface area contributed by atoms with Crippen molar-refractivity contribution in [3.8, 4) is 0 Å². The summed E-state index contributed by atoms with van der Waals surface area (Å²) >= 11 is 5.20. The molecule has 5 nitrogen and oxygen atoms in total. The molecule has 4 N–H and O–H groups in total. The summed E-state index contributed by atoms with van der Waals surface area (Å²) < 4.78 is 1.12. The predicted molar refractivity (Wildman–Crippen MR) is 79.3 cm³/mol. The molecule has 0 bridgehead atoms. The van der Waals surface area contributed by atoms with Gasteiger partial charge in [0.25, 0.3) is 0 Å². The van der Waals surface area contributed by atoms with Gasteiger partial charge >= 0.3 is 0 Å². The van der Waals surface area contributed by atoms with E-state index in [4.69, 9.17) is 10.9 Å².